The largest absolute Gasteiger partial charge is 0.379 e. The molecule has 0 unspecified atom stereocenters. The van der Waals surface area contributed by atoms with Crippen molar-refractivity contribution in [1.82, 2.24) is 9.62 Å². The Balaban J connectivity index is 1.69. The summed E-state index contributed by atoms with van der Waals surface area (Å²) in [6.07, 6.45) is 1.66. The molecule has 1 N–H and O–H groups in total. The van der Waals surface area contributed by atoms with Gasteiger partial charge in [0.25, 0.3) is 0 Å². The van der Waals surface area contributed by atoms with E-state index >= 15 is 0 Å². The fraction of sp³-hybridized carbons (Fsp3) is 0.611. The Hall–Kier alpha value is -1.44. The number of nitrogens with zero attached hydrogens (tertiary/aromatic N) is 1. The van der Waals surface area contributed by atoms with Crippen molar-refractivity contribution in [2.75, 3.05) is 33.1 Å². The summed E-state index contributed by atoms with van der Waals surface area (Å²) in [5, 5.41) is 3.06. The molecule has 3 rings (SSSR count). The zero-order chi connectivity index (χ0) is 18.2. The highest BCUT2D eigenvalue weighted by Crippen LogP contribution is 2.48. The van der Waals surface area contributed by atoms with Crippen LogP contribution in [-0.4, -0.2) is 57.7 Å². The zero-order valence-corrected chi connectivity index (χ0v) is 15.8. The second-order valence-corrected chi connectivity index (χ2v) is 9.61. The Morgan fingerprint density at radius 2 is 1.88 bits per heavy atom. The number of sulfonamides is 1. The normalized spacial score (nSPS) is 25.1. The quantitative estimate of drug-likeness (QED) is 0.817. The molecule has 1 saturated heterocycles. The van der Waals surface area contributed by atoms with Crippen molar-refractivity contribution in [2.24, 2.45) is 5.92 Å². The number of benzene rings is 1. The third-order valence-corrected chi connectivity index (χ3v) is 7.25. The van der Waals surface area contributed by atoms with Crippen LogP contribution in [0.15, 0.2) is 24.3 Å². The molecule has 1 heterocycles. The highest BCUT2D eigenvalue weighted by atomic mass is 32.2. The van der Waals surface area contributed by atoms with Gasteiger partial charge >= 0.3 is 0 Å². The molecular weight excluding hydrogens is 340 g/mol. The van der Waals surface area contributed by atoms with Crippen LogP contribution in [0, 0.1) is 12.8 Å². The van der Waals surface area contributed by atoms with Crippen LogP contribution in [0.4, 0.5) is 0 Å². The number of hydrogen-bond donors (Lipinski definition) is 1. The maximum absolute atomic E-state index is 12.9. The van der Waals surface area contributed by atoms with Gasteiger partial charge in [0.2, 0.25) is 15.9 Å². The van der Waals surface area contributed by atoms with Crippen molar-refractivity contribution < 1.29 is 17.9 Å². The van der Waals surface area contributed by atoms with Gasteiger partial charge < -0.3 is 10.1 Å². The number of ether oxygens (including phenoxy) is 1. The average molecular weight is 366 g/mol. The average Bonchev–Trinajstić information content (AvgIpc) is 3.26. The minimum absolute atomic E-state index is 0.0114. The van der Waals surface area contributed by atoms with Gasteiger partial charge in [-0.3, -0.25) is 4.79 Å². The highest BCUT2D eigenvalue weighted by molar-refractivity contribution is 7.89. The second kappa shape index (κ2) is 6.70. The standard InChI is InChI=1S/C18H26N2O4S/c1-13-4-6-15(7-5-13)18(8-9-18)17(21)19-16-11-24-10-14(16)12-25(22,23)20(2)3/h4-7,14,16H,8-12H2,1-3H3,(H,19,21)/t14-,16-/m0/s1. The molecular formula is C18H26N2O4S. The molecule has 2 atom stereocenters. The van der Waals surface area contributed by atoms with Gasteiger partial charge in [-0.25, -0.2) is 12.7 Å². The molecule has 0 aromatic heterocycles. The van der Waals surface area contributed by atoms with E-state index in [9.17, 15) is 13.2 Å². The molecule has 1 aromatic carbocycles. The van der Waals surface area contributed by atoms with Crippen molar-refractivity contribution in [3.63, 3.8) is 0 Å². The topological polar surface area (TPSA) is 75.7 Å². The Bertz CT molecular complexity index is 739. The van der Waals surface area contributed by atoms with Crippen LogP contribution in [0.3, 0.4) is 0 Å². The van der Waals surface area contributed by atoms with E-state index in [4.69, 9.17) is 4.74 Å². The molecule has 25 heavy (non-hydrogen) atoms. The molecule has 2 aliphatic rings. The van der Waals surface area contributed by atoms with E-state index in [1.165, 1.54) is 18.4 Å². The summed E-state index contributed by atoms with van der Waals surface area (Å²) in [6.45, 7) is 2.74. The molecule has 0 spiro atoms. The first-order valence-corrected chi connectivity index (χ1v) is 10.2. The number of carbonyl (C=O) groups is 1. The number of aryl methyl sites for hydroxylation is 1. The molecule has 1 amide bonds. The monoisotopic (exact) mass is 366 g/mol. The fourth-order valence-electron chi connectivity index (χ4n) is 3.29. The minimum Gasteiger partial charge on any atom is -0.379 e. The van der Waals surface area contributed by atoms with Crippen LogP contribution >= 0.6 is 0 Å². The lowest BCUT2D eigenvalue weighted by Crippen LogP contribution is -2.47. The SMILES string of the molecule is Cc1ccc(C2(C(=O)N[C@H]3COC[C@H]3CS(=O)(=O)N(C)C)CC2)cc1. The van der Waals surface area contributed by atoms with Crippen LogP contribution in [0.2, 0.25) is 0 Å². The van der Waals surface area contributed by atoms with Crippen LogP contribution in [0.5, 0.6) is 0 Å². The number of nitrogens with one attached hydrogen (secondary N) is 1. The molecule has 0 bridgehead atoms. The molecule has 1 saturated carbocycles. The lowest BCUT2D eigenvalue weighted by Gasteiger charge is -2.24. The third kappa shape index (κ3) is 3.73. The van der Waals surface area contributed by atoms with Crippen molar-refractivity contribution in [1.29, 1.82) is 0 Å². The van der Waals surface area contributed by atoms with Gasteiger partial charge in [-0.1, -0.05) is 29.8 Å². The second-order valence-electron chi connectivity index (χ2n) is 7.39. The van der Waals surface area contributed by atoms with Crippen molar-refractivity contribution in [3.8, 4) is 0 Å². The number of rotatable bonds is 6. The van der Waals surface area contributed by atoms with E-state index in [1.54, 1.807) is 0 Å². The highest BCUT2D eigenvalue weighted by Gasteiger charge is 2.52. The first-order chi connectivity index (χ1) is 11.7. The molecule has 1 aromatic rings. The number of amides is 1. The summed E-state index contributed by atoms with van der Waals surface area (Å²) in [6, 6.07) is 7.81. The Morgan fingerprint density at radius 1 is 1.24 bits per heavy atom. The van der Waals surface area contributed by atoms with Gasteiger partial charge in [0.15, 0.2) is 0 Å². The third-order valence-electron chi connectivity index (χ3n) is 5.28. The van der Waals surface area contributed by atoms with Gasteiger partial charge in [-0.2, -0.15) is 0 Å². The summed E-state index contributed by atoms with van der Waals surface area (Å²) in [4.78, 5) is 12.9. The number of carbonyl (C=O) groups excluding carboxylic acids is 1. The van der Waals surface area contributed by atoms with Gasteiger partial charge in [-0.05, 0) is 25.3 Å². The summed E-state index contributed by atoms with van der Waals surface area (Å²) in [5.41, 5.74) is 1.74. The lowest BCUT2D eigenvalue weighted by atomic mass is 9.93. The van der Waals surface area contributed by atoms with Crippen LogP contribution < -0.4 is 5.32 Å². The van der Waals surface area contributed by atoms with Gasteiger partial charge in [0.1, 0.15) is 0 Å². The lowest BCUT2D eigenvalue weighted by molar-refractivity contribution is -0.124. The van der Waals surface area contributed by atoms with Crippen molar-refractivity contribution in [3.05, 3.63) is 35.4 Å². The van der Waals surface area contributed by atoms with Crippen LogP contribution in [0.1, 0.15) is 24.0 Å². The Morgan fingerprint density at radius 3 is 2.44 bits per heavy atom. The maximum atomic E-state index is 12.9. The van der Waals surface area contributed by atoms with Crippen molar-refractivity contribution >= 4 is 15.9 Å². The molecule has 1 aliphatic heterocycles. The fourth-order valence-corrected chi connectivity index (χ4v) is 4.46. The van der Waals surface area contributed by atoms with E-state index in [-0.39, 0.29) is 23.6 Å². The summed E-state index contributed by atoms with van der Waals surface area (Å²) in [7, 11) is -0.279. The molecule has 7 heteroatoms. The van der Waals surface area contributed by atoms with E-state index in [0.717, 1.165) is 24.0 Å². The van der Waals surface area contributed by atoms with E-state index in [1.807, 2.05) is 31.2 Å². The molecule has 0 radical (unpaired) electrons. The smallest absolute Gasteiger partial charge is 0.230 e. The van der Waals surface area contributed by atoms with Crippen molar-refractivity contribution in [2.45, 2.75) is 31.2 Å². The first kappa shape index (κ1) is 18.4. The van der Waals surface area contributed by atoms with Gasteiger partial charge in [0, 0.05) is 20.0 Å². The maximum Gasteiger partial charge on any atom is 0.230 e. The summed E-state index contributed by atoms with van der Waals surface area (Å²) in [5.74, 6) is -0.244. The first-order valence-electron chi connectivity index (χ1n) is 8.61. The minimum atomic E-state index is -3.33. The van der Waals surface area contributed by atoms with Gasteiger partial charge in [0.05, 0.1) is 30.4 Å². The zero-order valence-electron chi connectivity index (χ0n) is 15.0. The number of hydrogen-bond acceptors (Lipinski definition) is 4. The summed E-state index contributed by atoms with van der Waals surface area (Å²) < 4.78 is 31.0. The van der Waals surface area contributed by atoms with Gasteiger partial charge in [-0.15, -0.1) is 0 Å². The predicted octanol–water partition coefficient (Wildman–Crippen LogP) is 1.05. The molecule has 138 valence electrons. The van der Waals surface area contributed by atoms with Crippen LogP contribution in [0.25, 0.3) is 0 Å². The van der Waals surface area contributed by atoms with E-state index < -0.39 is 15.4 Å². The van der Waals surface area contributed by atoms with E-state index in [0.29, 0.717) is 13.2 Å². The van der Waals surface area contributed by atoms with E-state index in [2.05, 4.69) is 5.32 Å². The summed E-state index contributed by atoms with van der Waals surface area (Å²) >= 11 is 0. The molecule has 2 fully saturated rings. The predicted molar refractivity (Wildman–Crippen MR) is 95.8 cm³/mol. The molecule has 6 nitrogen and oxygen atoms in total. The Kier molecular flexibility index (Phi) is 4.92. The molecule has 1 aliphatic carbocycles. The van der Waals surface area contributed by atoms with Crippen LogP contribution in [-0.2, 0) is 25.0 Å². The Labute approximate surface area is 149 Å².